The molecule has 0 aliphatic carbocycles. The summed E-state index contributed by atoms with van der Waals surface area (Å²) in [5.41, 5.74) is -1.55. The van der Waals surface area contributed by atoms with Crippen LogP contribution in [0.4, 0.5) is 0 Å². The van der Waals surface area contributed by atoms with E-state index < -0.39 is 11.2 Å². The second-order valence-corrected chi connectivity index (χ2v) is 9.42. The highest BCUT2D eigenvalue weighted by molar-refractivity contribution is 7.10. The highest BCUT2D eigenvalue weighted by Gasteiger charge is 2.46. The number of hydrogen-bond donors (Lipinski definition) is 1. The normalized spacial score (nSPS) is 32.0. The zero-order valence-electron chi connectivity index (χ0n) is 15.3. The molecule has 4 heterocycles. The third-order valence-corrected chi connectivity index (χ3v) is 6.29. The van der Waals surface area contributed by atoms with Crippen LogP contribution in [-0.2, 0) is 10.3 Å². The summed E-state index contributed by atoms with van der Waals surface area (Å²) in [7, 11) is 1.77. The molecule has 4 rings (SSSR count). The van der Waals surface area contributed by atoms with Gasteiger partial charge in [0.25, 0.3) is 0 Å². The Morgan fingerprint density at radius 3 is 2.54 bits per heavy atom. The van der Waals surface area contributed by atoms with Gasteiger partial charge in [0.2, 0.25) is 0 Å². The van der Waals surface area contributed by atoms with Gasteiger partial charge in [-0.1, -0.05) is 38.7 Å². The fraction of sp³-hybridized carbons (Fsp3) is 0.700. The van der Waals surface area contributed by atoms with E-state index >= 15 is 0 Å². The first-order chi connectivity index (χ1) is 11.3. The van der Waals surface area contributed by atoms with Crippen molar-refractivity contribution in [3.05, 3.63) is 22.4 Å². The van der Waals surface area contributed by atoms with E-state index in [1.54, 1.807) is 18.4 Å². The number of thiophene rings is 1. The van der Waals surface area contributed by atoms with Gasteiger partial charge in [0, 0.05) is 24.4 Å². The van der Waals surface area contributed by atoms with Crippen molar-refractivity contribution in [1.29, 1.82) is 0 Å². The number of hydrogen-bond acceptors (Lipinski definition) is 4. The molecule has 3 nitrogen and oxygen atoms in total. The number of aliphatic hydroxyl groups is 1. The minimum atomic E-state index is -1.11. The van der Waals surface area contributed by atoms with Crippen LogP contribution in [0.25, 0.3) is 0 Å². The van der Waals surface area contributed by atoms with E-state index in [0.29, 0.717) is 12.3 Å². The summed E-state index contributed by atoms with van der Waals surface area (Å²) in [4.78, 5) is 3.36. The molecule has 0 radical (unpaired) electrons. The molecule has 3 saturated heterocycles. The first kappa shape index (κ1) is 17.9. The molecule has 0 saturated carbocycles. The van der Waals surface area contributed by atoms with Crippen LogP contribution in [0.15, 0.2) is 17.5 Å². The molecule has 1 aromatic rings. The molecule has 0 aromatic carbocycles. The first-order valence-electron chi connectivity index (χ1n) is 8.85. The van der Waals surface area contributed by atoms with Crippen LogP contribution < -0.4 is 0 Å². The summed E-state index contributed by atoms with van der Waals surface area (Å²) >= 11 is 1.58. The van der Waals surface area contributed by atoms with Crippen molar-refractivity contribution in [3.63, 3.8) is 0 Å². The molecule has 1 unspecified atom stereocenters. The van der Waals surface area contributed by atoms with E-state index in [4.69, 9.17) is 4.74 Å². The first-order valence-corrected chi connectivity index (χ1v) is 9.73. The Labute approximate surface area is 150 Å². The molecule has 3 aliphatic rings. The Morgan fingerprint density at radius 1 is 1.38 bits per heavy atom. The second-order valence-electron chi connectivity index (χ2n) is 8.47. The van der Waals surface area contributed by atoms with E-state index in [-0.39, 0.29) is 5.41 Å². The molecule has 0 spiro atoms. The maximum atomic E-state index is 11.4. The summed E-state index contributed by atoms with van der Waals surface area (Å²) in [6, 6.07) is 3.97. The van der Waals surface area contributed by atoms with Crippen molar-refractivity contribution in [2.24, 2.45) is 11.3 Å². The average Bonchev–Trinajstić information content (AvgIpc) is 3.08. The molecular formula is C20H29NO2S. The van der Waals surface area contributed by atoms with Crippen LogP contribution in [0.3, 0.4) is 0 Å². The summed E-state index contributed by atoms with van der Waals surface area (Å²) in [6.07, 6.45) is 2.89. The molecule has 24 heavy (non-hydrogen) atoms. The Hall–Kier alpha value is -0.860. The quantitative estimate of drug-likeness (QED) is 0.850. The molecule has 1 N–H and O–H groups in total. The van der Waals surface area contributed by atoms with Crippen molar-refractivity contribution in [1.82, 2.24) is 4.90 Å². The number of methoxy groups -OCH3 is 1. The number of rotatable bonds is 3. The van der Waals surface area contributed by atoms with E-state index in [0.717, 1.165) is 37.4 Å². The lowest BCUT2D eigenvalue weighted by Gasteiger charge is -2.49. The van der Waals surface area contributed by atoms with Crippen molar-refractivity contribution >= 4 is 11.3 Å². The molecule has 1 aromatic heterocycles. The highest BCUT2D eigenvalue weighted by Crippen LogP contribution is 2.40. The molecule has 2 atom stereocenters. The number of fused-ring (bicyclic) bond motifs is 3. The Balaban J connectivity index is 1.95. The lowest BCUT2D eigenvalue weighted by atomic mass is 9.74. The Kier molecular flexibility index (Phi) is 4.83. The zero-order valence-corrected chi connectivity index (χ0v) is 16.1. The van der Waals surface area contributed by atoms with E-state index in [1.807, 2.05) is 17.5 Å². The topological polar surface area (TPSA) is 32.7 Å². The van der Waals surface area contributed by atoms with Gasteiger partial charge in [0.15, 0.2) is 5.60 Å². The predicted molar refractivity (Wildman–Crippen MR) is 99.0 cm³/mol. The number of nitrogens with zero attached hydrogens (tertiary/aromatic N) is 1. The van der Waals surface area contributed by atoms with E-state index in [1.165, 1.54) is 0 Å². The smallest absolute Gasteiger partial charge is 0.160 e. The summed E-state index contributed by atoms with van der Waals surface area (Å²) < 4.78 is 5.93. The van der Waals surface area contributed by atoms with Crippen LogP contribution in [0.2, 0.25) is 0 Å². The van der Waals surface area contributed by atoms with Gasteiger partial charge in [-0.2, -0.15) is 0 Å². The fourth-order valence-corrected chi connectivity index (χ4v) is 4.91. The molecule has 2 bridgehead atoms. The Morgan fingerprint density at radius 2 is 2.08 bits per heavy atom. The lowest BCUT2D eigenvalue weighted by molar-refractivity contribution is -0.0966. The molecule has 132 valence electrons. The van der Waals surface area contributed by atoms with E-state index in [9.17, 15) is 5.11 Å². The van der Waals surface area contributed by atoms with Gasteiger partial charge in [-0.05, 0) is 49.2 Å². The monoisotopic (exact) mass is 347 g/mol. The molecular weight excluding hydrogens is 318 g/mol. The van der Waals surface area contributed by atoms with Gasteiger partial charge in [-0.15, -0.1) is 11.3 Å². The van der Waals surface area contributed by atoms with Crippen LogP contribution in [0.5, 0.6) is 0 Å². The number of piperidine rings is 3. The minimum Gasteiger partial charge on any atom is -0.372 e. The molecule has 4 heteroatoms. The third-order valence-electron chi connectivity index (χ3n) is 5.27. The van der Waals surface area contributed by atoms with Crippen LogP contribution in [0.1, 0.15) is 44.9 Å². The van der Waals surface area contributed by atoms with Crippen LogP contribution >= 0.6 is 11.3 Å². The Bertz CT molecular complexity index is 616. The molecule has 0 amide bonds. The van der Waals surface area contributed by atoms with Gasteiger partial charge < -0.3 is 9.84 Å². The minimum absolute atomic E-state index is 0.0112. The van der Waals surface area contributed by atoms with Crippen molar-refractivity contribution in [3.8, 4) is 11.8 Å². The molecule has 3 aliphatic heterocycles. The third kappa shape index (κ3) is 3.55. The van der Waals surface area contributed by atoms with Crippen LogP contribution in [0, 0.1) is 23.2 Å². The van der Waals surface area contributed by atoms with Crippen molar-refractivity contribution < 1.29 is 9.84 Å². The largest absolute Gasteiger partial charge is 0.372 e. The lowest BCUT2D eigenvalue weighted by Crippen LogP contribution is -2.59. The van der Waals surface area contributed by atoms with Gasteiger partial charge in [0.1, 0.15) is 5.60 Å². The molecule has 3 fully saturated rings. The fourth-order valence-electron chi connectivity index (χ4n) is 4.13. The standard InChI is InChI=1S/C20H29NO2S/c1-18(2,3)14-19(22,17-6-5-13-24-17)9-10-20(23-4)15-21-11-7-16(20)8-12-21/h5-6,13,16,22H,7-8,11-12,14-15H2,1-4H3/t19?,20-/m1/s1. The van der Waals surface area contributed by atoms with Gasteiger partial charge in [0.05, 0.1) is 0 Å². The van der Waals surface area contributed by atoms with Crippen molar-refractivity contribution in [2.45, 2.75) is 51.2 Å². The van der Waals surface area contributed by atoms with Gasteiger partial charge in [-0.25, -0.2) is 0 Å². The average molecular weight is 348 g/mol. The van der Waals surface area contributed by atoms with Gasteiger partial charge in [-0.3, -0.25) is 4.90 Å². The second kappa shape index (κ2) is 6.46. The highest BCUT2D eigenvalue weighted by atomic mass is 32.1. The maximum Gasteiger partial charge on any atom is 0.160 e. The SMILES string of the molecule is CO[C@]1(C#CC(O)(CC(C)(C)C)c2cccs2)CN2CCC1CC2. The maximum absolute atomic E-state index is 11.4. The zero-order chi connectivity index (χ0) is 17.4. The summed E-state index contributed by atoms with van der Waals surface area (Å²) in [5, 5.41) is 13.4. The van der Waals surface area contributed by atoms with E-state index in [2.05, 4.69) is 37.5 Å². The van der Waals surface area contributed by atoms with Crippen LogP contribution in [-0.4, -0.2) is 42.4 Å². The van der Waals surface area contributed by atoms with Crippen molar-refractivity contribution in [2.75, 3.05) is 26.7 Å². The van der Waals surface area contributed by atoms with Gasteiger partial charge >= 0.3 is 0 Å². The number of ether oxygens (including phenoxy) is 1. The summed E-state index contributed by atoms with van der Waals surface area (Å²) in [6.45, 7) is 9.59. The summed E-state index contributed by atoms with van der Waals surface area (Å²) in [5.74, 6) is 7.15. The predicted octanol–water partition coefficient (Wildman–Crippen LogP) is 3.49.